The molecule has 1 N–H and O–H groups in total. The van der Waals surface area contributed by atoms with Crippen LogP contribution < -0.4 is 4.90 Å². The molecule has 7 heteroatoms. The van der Waals surface area contributed by atoms with Gasteiger partial charge in [-0.05, 0) is 55.0 Å². The summed E-state index contributed by atoms with van der Waals surface area (Å²) in [5.41, 5.74) is 2.75. The molecule has 5 nitrogen and oxygen atoms in total. The lowest BCUT2D eigenvalue weighted by molar-refractivity contribution is -0.133. The minimum Gasteiger partial charge on any atom is -0.481 e. The van der Waals surface area contributed by atoms with Gasteiger partial charge in [-0.25, -0.2) is 4.39 Å². The first kappa shape index (κ1) is 20.7. The molecule has 1 heterocycles. The average Bonchev–Trinajstić information content (AvgIpc) is 3.09. The normalized spacial score (nSPS) is 10.7. The Bertz CT molecular complexity index is 1030. The highest BCUT2D eigenvalue weighted by Gasteiger charge is 2.20. The first-order valence-corrected chi connectivity index (χ1v) is 10.0. The van der Waals surface area contributed by atoms with Gasteiger partial charge in [0.1, 0.15) is 17.3 Å². The predicted octanol–water partition coefficient (Wildman–Crippen LogP) is 4.99. The summed E-state index contributed by atoms with van der Waals surface area (Å²) in [6, 6.07) is 15.0. The monoisotopic (exact) mass is 413 g/mol. The zero-order valence-electron chi connectivity index (χ0n) is 16.0. The third-order valence-electron chi connectivity index (χ3n) is 4.37. The van der Waals surface area contributed by atoms with Gasteiger partial charge in [0.05, 0.1) is 11.3 Å². The maximum Gasteiger partial charge on any atom is 0.313 e. The van der Waals surface area contributed by atoms with Gasteiger partial charge in [-0.3, -0.25) is 9.59 Å². The highest BCUT2D eigenvalue weighted by atomic mass is 32.2. The maximum atomic E-state index is 13.1. The number of rotatable bonds is 7. The first-order chi connectivity index (χ1) is 13.8. The highest BCUT2D eigenvalue weighted by Crippen LogP contribution is 2.28. The largest absolute Gasteiger partial charge is 0.481 e. The number of nitrogens with zero attached hydrogens (tertiary/aromatic N) is 1. The second kappa shape index (κ2) is 8.96. The Morgan fingerprint density at radius 2 is 1.86 bits per heavy atom. The number of aliphatic carboxylic acids is 1. The summed E-state index contributed by atoms with van der Waals surface area (Å²) in [6.07, 6.45) is 0. The SMILES string of the molecule is Cc1oc(-c2ccc(F)cc2)cc1C(=O)N(C)c1cccc(CSCC(=O)O)c1. The molecule has 3 aromatic rings. The fourth-order valence-corrected chi connectivity index (χ4v) is 3.55. The minimum atomic E-state index is -0.856. The summed E-state index contributed by atoms with van der Waals surface area (Å²) in [6.45, 7) is 1.72. The van der Waals surface area contributed by atoms with Gasteiger partial charge in [-0.2, -0.15) is 0 Å². The number of thioether (sulfide) groups is 1. The zero-order chi connectivity index (χ0) is 21.0. The van der Waals surface area contributed by atoms with Gasteiger partial charge in [0.25, 0.3) is 5.91 Å². The van der Waals surface area contributed by atoms with Crippen molar-refractivity contribution in [3.8, 4) is 11.3 Å². The molecule has 1 aromatic heterocycles. The van der Waals surface area contributed by atoms with Crippen molar-refractivity contribution >= 4 is 29.3 Å². The summed E-state index contributed by atoms with van der Waals surface area (Å²) < 4.78 is 18.9. The van der Waals surface area contributed by atoms with Crippen molar-refractivity contribution in [3.63, 3.8) is 0 Å². The molecule has 0 spiro atoms. The minimum absolute atomic E-state index is 0.0272. The molecule has 0 saturated heterocycles. The number of furan rings is 1. The summed E-state index contributed by atoms with van der Waals surface area (Å²) >= 11 is 1.30. The van der Waals surface area contributed by atoms with Crippen LogP contribution in [0.1, 0.15) is 21.7 Å². The molecule has 3 rings (SSSR count). The second-order valence-electron chi connectivity index (χ2n) is 6.51. The summed E-state index contributed by atoms with van der Waals surface area (Å²) in [4.78, 5) is 25.2. The average molecular weight is 413 g/mol. The highest BCUT2D eigenvalue weighted by molar-refractivity contribution is 7.99. The summed E-state index contributed by atoms with van der Waals surface area (Å²) in [7, 11) is 1.68. The van der Waals surface area contributed by atoms with Crippen molar-refractivity contribution in [2.45, 2.75) is 12.7 Å². The van der Waals surface area contributed by atoms with Crippen LogP contribution in [0.4, 0.5) is 10.1 Å². The van der Waals surface area contributed by atoms with Crippen molar-refractivity contribution in [2.24, 2.45) is 0 Å². The van der Waals surface area contributed by atoms with Crippen LogP contribution in [0, 0.1) is 12.7 Å². The lowest BCUT2D eigenvalue weighted by atomic mass is 10.1. The molecule has 0 aliphatic heterocycles. The van der Waals surface area contributed by atoms with Crippen LogP contribution in [0.15, 0.2) is 59.0 Å². The standard InChI is InChI=1S/C22H20FNO4S/c1-14-19(11-20(28-14)16-6-8-17(23)9-7-16)22(27)24(2)18-5-3-4-15(10-18)12-29-13-21(25)26/h3-11H,12-13H2,1-2H3,(H,25,26). The molecule has 0 radical (unpaired) electrons. The van der Waals surface area contributed by atoms with Crippen LogP contribution in [-0.4, -0.2) is 29.8 Å². The third kappa shape index (κ3) is 5.06. The number of aryl methyl sites for hydroxylation is 1. The fraction of sp³-hybridized carbons (Fsp3) is 0.182. The van der Waals surface area contributed by atoms with Crippen molar-refractivity contribution in [2.75, 3.05) is 17.7 Å². The van der Waals surface area contributed by atoms with E-state index < -0.39 is 5.97 Å². The van der Waals surface area contributed by atoms with E-state index in [1.807, 2.05) is 24.3 Å². The predicted molar refractivity (Wildman–Crippen MR) is 112 cm³/mol. The quantitative estimate of drug-likeness (QED) is 0.591. The van der Waals surface area contributed by atoms with E-state index in [2.05, 4.69) is 0 Å². The van der Waals surface area contributed by atoms with Crippen LogP contribution in [0.5, 0.6) is 0 Å². The Labute approximate surface area is 172 Å². The van der Waals surface area contributed by atoms with Crippen LogP contribution in [0.25, 0.3) is 11.3 Å². The molecule has 0 atom stereocenters. The van der Waals surface area contributed by atoms with E-state index in [9.17, 15) is 14.0 Å². The van der Waals surface area contributed by atoms with Gasteiger partial charge in [0, 0.05) is 24.1 Å². The number of benzene rings is 2. The first-order valence-electron chi connectivity index (χ1n) is 8.88. The van der Waals surface area contributed by atoms with E-state index in [-0.39, 0.29) is 17.5 Å². The van der Waals surface area contributed by atoms with Gasteiger partial charge in [-0.1, -0.05) is 12.1 Å². The van der Waals surface area contributed by atoms with Crippen LogP contribution >= 0.6 is 11.8 Å². The molecule has 0 fully saturated rings. The third-order valence-corrected chi connectivity index (χ3v) is 5.36. The van der Waals surface area contributed by atoms with Gasteiger partial charge < -0.3 is 14.4 Å². The molecule has 0 aliphatic rings. The number of hydrogen-bond acceptors (Lipinski definition) is 4. The van der Waals surface area contributed by atoms with E-state index in [1.165, 1.54) is 28.8 Å². The number of carbonyl (C=O) groups is 2. The number of carboxylic acid groups (broad SMARTS) is 1. The van der Waals surface area contributed by atoms with E-state index in [0.717, 1.165) is 5.56 Å². The molecule has 29 heavy (non-hydrogen) atoms. The molecular formula is C22H20FNO4S. The van der Waals surface area contributed by atoms with E-state index in [0.29, 0.717) is 34.1 Å². The maximum absolute atomic E-state index is 13.1. The number of anilines is 1. The summed E-state index contributed by atoms with van der Waals surface area (Å²) in [5.74, 6) is 0.128. The van der Waals surface area contributed by atoms with Crippen molar-refractivity contribution in [1.82, 2.24) is 0 Å². The Kier molecular flexibility index (Phi) is 6.39. The molecule has 0 unspecified atom stereocenters. The molecule has 0 saturated carbocycles. The van der Waals surface area contributed by atoms with Crippen molar-refractivity contribution in [1.29, 1.82) is 0 Å². The van der Waals surface area contributed by atoms with Gasteiger partial charge in [0.2, 0.25) is 0 Å². The number of halogens is 1. The van der Waals surface area contributed by atoms with Gasteiger partial charge >= 0.3 is 5.97 Å². The summed E-state index contributed by atoms with van der Waals surface area (Å²) in [5, 5.41) is 8.76. The van der Waals surface area contributed by atoms with Gasteiger partial charge in [0.15, 0.2) is 0 Å². The molecule has 1 amide bonds. The number of carbonyl (C=O) groups excluding carboxylic acids is 1. The van der Waals surface area contributed by atoms with Crippen LogP contribution in [-0.2, 0) is 10.5 Å². The Hall–Kier alpha value is -3.06. The number of carboxylic acids is 1. The van der Waals surface area contributed by atoms with Crippen molar-refractivity contribution in [3.05, 3.63) is 77.3 Å². The van der Waals surface area contributed by atoms with Crippen LogP contribution in [0.2, 0.25) is 0 Å². The molecular weight excluding hydrogens is 393 g/mol. The number of amides is 1. The second-order valence-corrected chi connectivity index (χ2v) is 7.49. The van der Waals surface area contributed by atoms with E-state index in [1.54, 1.807) is 32.2 Å². The van der Waals surface area contributed by atoms with E-state index >= 15 is 0 Å². The Morgan fingerprint density at radius 3 is 2.55 bits per heavy atom. The molecule has 0 bridgehead atoms. The topological polar surface area (TPSA) is 70.8 Å². The smallest absolute Gasteiger partial charge is 0.313 e. The molecule has 2 aromatic carbocycles. The van der Waals surface area contributed by atoms with E-state index in [4.69, 9.17) is 9.52 Å². The zero-order valence-corrected chi connectivity index (χ0v) is 16.8. The Morgan fingerprint density at radius 1 is 1.14 bits per heavy atom. The van der Waals surface area contributed by atoms with Crippen molar-refractivity contribution < 1.29 is 23.5 Å². The molecule has 150 valence electrons. The fourth-order valence-electron chi connectivity index (χ4n) is 2.86. The Balaban J connectivity index is 1.78. The number of hydrogen-bond donors (Lipinski definition) is 1. The lowest BCUT2D eigenvalue weighted by Gasteiger charge is -2.17. The molecule has 0 aliphatic carbocycles. The van der Waals surface area contributed by atoms with Gasteiger partial charge in [-0.15, -0.1) is 11.8 Å². The lowest BCUT2D eigenvalue weighted by Crippen LogP contribution is -2.26. The van der Waals surface area contributed by atoms with Crippen LogP contribution in [0.3, 0.4) is 0 Å².